The van der Waals surface area contributed by atoms with Crippen molar-refractivity contribution in [2.75, 3.05) is 6.61 Å². The lowest BCUT2D eigenvalue weighted by atomic mass is 9.73. The first-order valence-electron chi connectivity index (χ1n) is 14.2. The summed E-state index contributed by atoms with van der Waals surface area (Å²) in [7, 11) is 0. The van der Waals surface area contributed by atoms with Crippen molar-refractivity contribution in [1.82, 2.24) is 0 Å². The zero-order chi connectivity index (χ0) is 28.0. The molecular weight excluding hydrogens is 356 g/mol. The van der Waals surface area contributed by atoms with E-state index in [0.717, 1.165) is 11.1 Å². The molecule has 1 saturated carbocycles. The van der Waals surface area contributed by atoms with E-state index < -0.39 is 69.5 Å². The molecule has 0 bridgehead atoms. The molecule has 0 saturated heterocycles. The Labute approximate surface area is 180 Å². The third kappa shape index (κ3) is 5.06. The average molecular weight is 400 g/mol. The fourth-order valence-electron chi connectivity index (χ4n) is 4.53. The van der Waals surface area contributed by atoms with E-state index in [9.17, 15) is 15.0 Å². The lowest BCUT2D eigenvalue weighted by Gasteiger charge is -2.32. The van der Waals surface area contributed by atoms with Crippen molar-refractivity contribution >= 4 is 5.97 Å². The van der Waals surface area contributed by atoms with Gasteiger partial charge in [0.15, 0.2) is 6.61 Å². The van der Waals surface area contributed by atoms with Crippen LogP contribution in [0.3, 0.4) is 0 Å². The fourth-order valence-corrected chi connectivity index (χ4v) is 4.53. The zero-order valence-corrected chi connectivity index (χ0v) is 15.7. The molecule has 0 amide bonds. The molecule has 0 aromatic heterocycles. The summed E-state index contributed by atoms with van der Waals surface area (Å²) in [5, 5.41) is 30.3. The van der Waals surface area contributed by atoms with E-state index in [1.54, 1.807) is 12.1 Å². The van der Waals surface area contributed by atoms with Crippen LogP contribution in [0.4, 0.5) is 0 Å². The molecule has 156 valence electrons. The minimum absolute atomic E-state index is 0.0741. The van der Waals surface area contributed by atoms with Crippen molar-refractivity contribution in [2.24, 2.45) is 17.8 Å². The maximum atomic E-state index is 10.9. The minimum Gasteiger partial charge on any atom is -0.482 e. The van der Waals surface area contributed by atoms with Crippen molar-refractivity contribution in [3.8, 4) is 5.75 Å². The Morgan fingerprint density at radius 1 is 1.39 bits per heavy atom. The third-order valence-electron chi connectivity index (χ3n) is 5.81. The molecule has 2 aliphatic rings. The van der Waals surface area contributed by atoms with Gasteiger partial charge in [-0.15, -0.1) is 0 Å². The number of carboxylic acid groups (broad SMARTS) is 1. The van der Waals surface area contributed by atoms with Crippen LogP contribution in [0, 0.1) is 17.8 Å². The average Bonchev–Trinajstić information content (AvgIpc) is 3.08. The number of hydrogen-bond acceptors (Lipinski definition) is 4. The van der Waals surface area contributed by atoms with Crippen LogP contribution < -0.4 is 4.74 Å². The van der Waals surface area contributed by atoms with Gasteiger partial charge >= 0.3 is 5.97 Å². The van der Waals surface area contributed by atoms with Crippen LogP contribution in [0.5, 0.6) is 5.75 Å². The van der Waals surface area contributed by atoms with Gasteiger partial charge in [0, 0.05) is 12.3 Å². The first-order valence-corrected chi connectivity index (χ1v) is 9.69. The minimum atomic E-state index is -3.20. The van der Waals surface area contributed by atoms with E-state index >= 15 is 0 Å². The number of carbonyl (C=O) groups is 1. The Balaban J connectivity index is 1.70. The summed E-state index contributed by atoms with van der Waals surface area (Å²) in [4.78, 5) is 10.9. The molecule has 0 aliphatic heterocycles. The van der Waals surface area contributed by atoms with Gasteiger partial charge in [0.1, 0.15) is 5.75 Å². The molecule has 3 N–H and O–H groups in total. The van der Waals surface area contributed by atoms with Crippen LogP contribution in [0.1, 0.15) is 75.1 Å². The van der Waals surface area contributed by atoms with Crippen LogP contribution in [0.25, 0.3) is 0 Å². The topological polar surface area (TPSA) is 87.0 Å². The molecule has 28 heavy (non-hydrogen) atoms. The SMILES string of the molecule is [2H]C([2H])(C[C@@H](O)CCC([2H])([2H])C([2H])([2H])C([2H])([2H])[2H])[C@@H]1[C@H]2Cc3cccc(OCC(=O)O)c3C[C@H]2C[C@H]1O. The summed E-state index contributed by atoms with van der Waals surface area (Å²) in [5.74, 6) is -1.77. The molecule has 0 spiro atoms. The van der Waals surface area contributed by atoms with Crippen LogP contribution in [0.2, 0.25) is 0 Å². The van der Waals surface area contributed by atoms with Crippen molar-refractivity contribution < 1.29 is 37.2 Å². The molecule has 0 heterocycles. The van der Waals surface area contributed by atoms with E-state index in [1.807, 2.05) is 6.07 Å². The van der Waals surface area contributed by atoms with Gasteiger partial charge in [0.2, 0.25) is 0 Å². The van der Waals surface area contributed by atoms with E-state index in [1.165, 1.54) is 0 Å². The number of hydrogen-bond donors (Lipinski definition) is 3. The summed E-state index contributed by atoms with van der Waals surface area (Å²) >= 11 is 0. The molecule has 1 fully saturated rings. The first kappa shape index (κ1) is 12.2. The van der Waals surface area contributed by atoms with Gasteiger partial charge in [0.05, 0.1) is 12.2 Å². The number of ether oxygens (including phenoxy) is 1. The van der Waals surface area contributed by atoms with Gasteiger partial charge in [-0.1, -0.05) is 38.2 Å². The second kappa shape index (κ2) is 9.75. The maximum Gasteiger partial charge on any atom is 0.341 e. The smallest absolute Gasteiger partial charge is 0.341 e. The number of aliphatic hydroxyl groups is 2. The molecular formula is C23H34O5. The molecule has 2 aliphatic carbocycles. The highest BCUT2D eigenvalue weighted by atomic mass is 16.5. The van der Waals surface area contributed by atoms with Gasteiger partial charge in [-0.25, -0.2) is 4.79 Å². The predicted molar refractivity (Wildman–Crippen MR) is 107 cm³/mol. The number of carboxylic acids is 1. The lowest BCUT2D eigenvalue weighted by Crippen LogP contribution is -2.28. The number of benzene rings is 1. The van der Waals surface area contributed by atoms with Crippen molar-refractivity contribution in [1.29, 1.82) is 0 Å². The maximum absolute atomic E-state index is 10.9. The van der Waals surface area contributed by atoms with E-state index in [-0.39, 0.29) is 18.3 Å². The standard InChI is InChI=1S/C23H34O5/c1-2-3-4-7-17(24)9-10-18-19-11-15-6-5-8-22(28-14-23(26)27)20(15)12-16(19)13-21(18)25/h5-6,8,16-19,21,24-25H,2-4,7,9-14H2,1H3,(H,26,27)/t16-,17-,18+,19-,21+/m0/s1/i1D3,2D2,3D2,10D2. The molecule has 5 heteroatoms. The summed E-state index contributed by atoms with van der Waals surface area (Å²) in [6, 6.07) is 5.29. The van der Waals surface area contributed by atoms with Gasteiger partial charge in [-0.05, 0) is 73.4 Å². The summed E-state index contributed by atoms with van der Waals surface area (Å²) < 4.78 is 75.9. The lowest BCUT2D eigenvalue weighted by molar-refractivity contribution is -0.139. The largest absolute Gasteiger partial charge is 0.482 e. The number of rotatable bonds is 10. The molecule has 5 atom stereocenters. The van der Waals surface area contributed by atoms with E-state index in [0.29, 0.717) is 25.0 Å². The molecule has 0 unspecified atom stereocenters. The molecule has 0 radical (unpaired) electrons. The summed E-state index contributed by atoms with van der Waals surface area (Å²) in [6.45, 7) is -3.68. The Morgan fingerprint density at radius 2 is 2.25 bits per heavy atom. The van der Waals surface area contributed by atoms with Crippen molar-refractivity contribution in [3.05, 3.63) is 29.3 Å². The number of aliphatic hydroxyl groups excluding tert-OH is 2. The second-order valence-corrected chi connectivity index (χ2v) is 7.64. The van der Waals surface area contributed by atoms with E-state index in [4.69, 9.17) is 22.2 Å². The van der Waals surface area contributed by atoms with Crippen LogP contribution >= 0.6 is 0 Å². The monoisotopic (exact) mass is 399 g/mol. The first-order chi connectivity index (χ1) is 16.9. The second-order valence-electron chi connectivity index (χ2n) is 7.64. The number of fused-ring (bicyclic) bond motifs is 2. The van der Waals surface area contributed by atoms with Crippen molar-refractivity contribution in [2.45, 2.75) is 76.7 Å². The molecule has 1 aromatic carbocycles. The zero-order valence-electron chi connectivity index (χ0n) is 24.7. The Kier molecular flexibility index (Phi) is 4.24. The van der Waals surface area contributed by atoms with Gasteiger partial charge in [-0.3, -0.25) is 0 Å². The summed E-state index contributed by atoms with van der Waals surface area (Å²) in [5.41, 5.74) is 1.74. The van der Waals surface area contributed by atoms with Crippen LogP contribution in [-0.4, -0.2) is 40.1 Å². The third-order valence-corrected chi connectivity index (χ3v) is 5.81. The van der Waals surface area contributed by atoms with Gasteiger partial charge in [0.25, 0.3) is 0 Å². The molecule has 1 aromatic rings. The molecule has 3 rings (SSSR count). The normalized spacial score (nSPS) is 33.9. The highest BCUT2D eigenvalue weighted by Gasteiger charge is 2.44. The van der Waals surface area contributed by atoms with E-state index in [2.05, 4.69) is 0 Å². The van der Waals surface area contributed by atoms with Gasteiger partial charge < -0.3 is 20.1 Å². The highest BCUT2D eigenvalue weighted by Crippen LogP contribution is 2.48. The predicted octanol–water partition coefficient (Wildman–Crippen LogP) is 3.58. The highest BCUT2D eigenvalue weighted by molar-refractivity contribution is 5.68. The quantitative estimate of drug-likeness (QED) is 0.560. The summed E-state index contributed by atoms with van der Waals surface area (Å²) in [6.07, 6.45) is -10.4. The Morgan fingerprint density at radius 3 is 3.04 bits per heavy atom. The van der Waals surface area contributed by atoms with Crippen LogP contribution in [0.15, 0.2) is 18.2 Å². The Hall–Kier alpha value is -1.59. The Bertz CT molecular complexity index is 982. The number of aliphatic carboxylic acids is 1. The van der Waals surface area contributed by atoms with Crippen molar-refractivity contribution in [3.63, 3.8) is 0 Å². The fraction of sp³-hybridized carbons (Fsp3) is 0.696. The molecule has 5 nitrogen and oxygen atoms in total. The van der Waals surface area contributed by atoms with Crippen LogP contribution in [-0.2, 0) is 17.6 Å². The van der Waals surface area contributed by atoms with Gasteiger partial charge in [-0.2, -0.15) is 0 Å².